The van der Waals surface area contributed by atoms with E-state index in [-0.39, 0.29) is 0 Å². The lowest BCUT2D eigenvalue weighted by atomic mass is 10.1. The zero-order chi connectivity index (χ0) is 16.6. The second kappa shape index (κ2) is 8.43. The predicted octanol–water partition coefficient (Wildman–Crippen LogP) is 3.35. The Labute approximate surface area is 142 Å². The van der Waals surface area contributed by atoms with Crippen molar-refractivity contribution in [2.45, 2.75) is 13.0 Å². The number of hydrogen-bond donors (Lipinski definition) is 1. The molecule has 124 valence electrons. The van der Waals surface area contributed by atoms with Gasteiger partial charge in [0.25, 0.3) is 0 Å². The molecule has 0 amide bonds. The zero-order valence-electron chi connectivity index (χ0n) is 13.8. The first kappa shape index (κ1) is 16.4. The number of hydrogen-bond acceptors (Lipinski definition) is 4. The molecule has 4 heteroatoms. The van der Waals surface area contributed by atoms with E-state index < -0.39 is 0 Å². The van der Waals surface area contributed by atoms with E-state index in [1.54, 1.807) is 6.26 Å². The summed E-state index contributed by atoms with van der Waals surface area (Å²) in [4.78, 5) is 6.93. The molecule has 0 saturated carbocycles. The van der Waals surface area contributed by atoms with E-state index in [1.807, 2.05) is 36.4 Å². The summed E-state index contributed by atoms with van der Waals surface area (Å²) in [6, 6.07) is 20.5. The van der Waals surface area contributed by atoms with Crippen molar-refractivity contribution >= 4 is 0 Å². The highest BCUT2D eigenvalue weighted by molar-refractivity contribution is 5.52. The lowest BCUT2D eigenvalue weighted by Gasteiger charge is -2.20. The van der Waals surface area contributed by atoms with Gasteiger partial charge in [-0.1, -0.05) is 48.5 Å². The van der Waals surface area contributed by atoms with Crippen LogP contribution in [0.4, 0.5) is 0 Å². The van der Waals surface area contributed by atoms with Crippen LogP contribution in [0.3, 0.4) is 0 Å². The van der Waals surface area contributed by atoms with E-state index in [1.165, 1.54) is 5.56 Å². The van der Waals surface area contributed by atoms with Gasteiger partial charge in [0, 0.05) is 31.7 Å². The van der Waals surface area contributed by atoms with Crippen molar-refractivity contribution in [2.75, 3.05) is 19.6 Å². The molecule has 0 spiro atoms. The normalized spacial score (nSPS) is 11.1. The lowest BCUT2D eigenvalue weighted by molar-refractivity contribution is 0.273. The van der Waals surface area contributed by atoms with E-state index in [4.69, 9.17) is 10.2 Å². The first-order valence-corrected chi connectivity index (χ1v) is 8.31. The first-order chi connectivity index (χ1) is 11.8. The second-order valence-corrected chi connectivity index (χ2v) is 5.81. The quantitative estimate of drug-likeness (QED) is 0.691. The van der Waals surface area contributed by atoms with Crippen LogP contribution in [0.1, 0.15) is 11.3 Å². The maximum Gasteiger partial charge on any atom is 0.226 e. The van der Waals surface area contributed by atoms with Crippen LogP contribution in [0.15, 0.2) is 71.3 Å². The Bertz CT molecular complexity index is 725. The molecule has 0 unspecified atom stereocenters. The fourth-order valence-electron chi connectivity index (χ4n) is 2.71. The molecule has 24 heavy (non-hydrogen) atoms. The minimum absolute atomic E-state index is 0.637. The molecule has 0 atom stereocenters. The maximum absolute atomic E-state index is 5.76. The average Bonchev–Trinajstić information content (AvgIpc) is 3.10. The topological polar surface area (TPSA) is 55.3 Å². The number of oxazole rings is 1. The molecule has 0 aliphatic heterocycles. The van der Waals surface area contributed by atoms with E-state index in [0.29, 0.717) is 12.4 Å². The number of nitrogens with two attached hydrogens (primary N) is 1. The summed E-state index contributed by atoms with van der Waals surface area (Å²) >= 11 is 0. The molecule has 0 aliphatic carbocycles. The third-order valence-corrected chi connectivity index (χ3v) is 3.96. The van der Waals surface area contributed by atoms with Crippen molar-refractivity contribution in [3.05, 3.63) is 78.2 Å². The average molecular weight is 321 g/mol. The molecule has 4 nitrogen and oxygen atoms in total. The Kier molecular flexibility index (Phi) is 5.77. The van der Waals surface area contributed by atoms with Crippen LogP contribution in [0.25, 0.3) is 11.5 Å². The van der Waals surface area contributed by atoms with Crippen LogP contribution in [0, 0.1) is 0 Å². The summed E-state index contributed by atoms with van der Waals surface area (Å²) in [5.41, 5.74) is 9.04. The molecule has 3 rings (SSSR count). The lowest BCUT2D eigenvalue weighted by Crippen LogP contribution is -2.31. The van der Waals surface area contributed by atoms with Crippen molar-refractivity contribution in [1.29, 1.82) is 0 Å². The maximum atomic E-state index is 5.76. The smallest absolute Gasteiger partial charge is 0.226 e. The van der Waals surface area contributed by atoms with Gasteiger partial charge in [0.1, 0.15) is 6.26 Å². The number of benzene rings is 2. The Morgan fingerprint density at radius 3 is 2.33 bits per heavy atom. The molecule has 0 fully saturated rings. The highest BCUT2D eigenvalue weighted by Gasteiger charge is 2.11. The molecule has 3 aromatic rings. The molecule has 2 N–H and O–H groups in total. The van der Waals surface area contributed by atoms with Gasteiger partial charge < -0.3 is 10.2 Å². The summed E-state index contributed by atoms with van der Waals surface area (Å²) in [7, 11) is 0. The predicted molar refractivity (Wildman–Crippen MR) is 96.4 cm³/mol. The third kappa shape index (κ3) is 4.54. The van der Waals surface area contributed by atoms with Crippen LogP contribution in [-0.4, -0.2) is 29.5 Å². The fourth-order valence-corrected chi connectivity index (χ4v) is 2.71. The monoisotopic (exact) mass is 321 g/mol. The largest absolute Gasteiger partial charge is 0.444 e. The van der Waals surface area contributed by atoms with Crippen molar-refractivity contribution in [1.82, 2.24) is 9.88 Å². The minimum Gasteiger partial charge on any atom is -0.444 e. The van der Waals surface area contributed by atoms with Gasteiger partial charge in [0.2, 0.25) is 5.89 Å². The van der Waals surface area contributed by atoms with Gasteiger partial charge in [-0.2, -0.15) is 0 Å². The summed E-state index contributed by atoms with van der Waals surface area (Å²) in [6.45, 7) is 3.19. The van der Waals surface area contributed by atoms with Gasteiger partial charge in [0.15, 0.2) is 0 Å². The summed E-state index contributed by atoms with van der Waals surface area (Å²) in [5, 5.41) is 0. The van der Waals surface area contributed by atoms with Crippen LogP contribution in [-0.2, 0) is 13.0 Å². The Hall–Kier alpha value is -2.43. The summed E-state index contributed by atoms with van der Waals surface area (Å²) in [5.74, 6) is 0.668. The van der Waals surface area contributed by atoms with Gasteiger partial charge in [-0.15, -0.1) is 0 Å². The number of aromatic nitrogens is 1. The van der Waals surface area contributed by atoms with E-state index in [2.05, 4.69) is 34.1 Å². The molecule has 1 aromatic heterocycles. The summed E-state index contributed by atoms with van der Waals surface area (Å²) < 4.78 is 5.62. The molecule has 0 radical (unpaired) electrons. The molecule has 1 heterocycles. The molecular formula is C20H23N3O. The standard InChI is InChI=1S/C20H23N3O/c21-12-14-23(13-11-17-7-3-1-4-8-17)15-19-16-24-20(22-19)18-9-5-2-6-10-18/h1-10,16H,11-15,21H2. The Morgan fingerprint density at radius 2 is 1.62 bits per heavy atom. The van der Waals surface area contributed by atoms with Crippen molar-refractivity contribution in [3.63, 3.8) is 0 Å². The first-order valence-electron chi connectivity index (χ1n) is 8.31. The van der Waals surface area contributed by atoms with E-state index in [9.17, 15) is 0 Å². The van der Waals surface area contributed by atoms with Gasteiger partial charge in [-0.3, -0.25) is 4.90 Å². The van der Waals surface area contributed by atoms with Crippen molar-refractivity contribution in [3.8, 4) is 11.5 Å². The van der Waals surface area contributed by atoms with Crippen molar-refractivity contribution < 1.29 is 4.42 Å². The zero-order valence-corrected chi connectivity index (χ0v) is 13.8. The highest BCUT2D eigenvalue weighted by Crippen LogP contribution is 2.18. The second-order valence-electron chi connectivity index (χ2n) is 5.81. The van der Waals surface area contributed by atoms with Crippen LogP contribution >= 0.6 is 0 Å². The third-order valence-electron chi connectivity index (χ3n) is 3.96. The van der Waals surface area contributed by atoms with Crippen LogP contribution in [0.2, 0.25) is 0 Å². The molecule has 0 aliphatic rings. The van der Waals surface area contributed by atoms with Gasteiger partial charge in [-0.25, -0.2) is 4.98 Å². The van der Waals surface area contributed by atoms with E-state index >= 15 is 0 Å². The van der Waals surface area contributed by atoms with Gasteiger partial charge in [0.05, 0.1) is 5.69 Å². The molecular weight excluding hydrogens is 298 g/mol. The van der Waals surface area contributed by atoms with Crippen molar-refractivity contribution in [2.24, 2.45) is 5.73 Å². The fraction of sp³-hybridized carbons (Fsp3) is 0.250. The molecule has 0 saturated heterocycles. The van der Waals surface area contributed by atoms with Gasteiger partial charge in [-0.05, 0) is 24.1 Å². The van der Waals surface area contributed by atoms with Crippen LogP contribution in [0.5, 0.6) is 0 Å². The van der Waals surface area contributed by atoms with E-state index in [0.717, 1.165) is 37.3 Å². The molecule has 0 bridgehead atoms. The minimum atomic E-state index is 0.637. The summed E-state index contributed by atoms with van der Waals surface area (Å²) in [6.07, 6.45) is 2.75. The number of nitrogens with zero attached hydrogens (tertiary/aromatic N) is 2. The Morgan fingerprint density at radius 1 is 0.917 bits per heavy atom. The SMILES string of the molecule is NCCN(CCc1ccccc1)Cc1coc(-c2ccccc2)n1. The molecule has 2 aromatic carbocycles. The Balaban J connectivity index is 1.62. The highest BCUT2D eigenvalue weighted by atomic mass is 16.3. The van der Waals surface area contributed by atoms with Crippen LogP contribution < -0.4 is 5.73 Å². The van der Waals surface area contributed by atoms with Gasteiger partial charge >= 0.3 is 0 Å². The number of rotatable bonds is 8.